The van der Waals surface area contributed by atoms with Gasteiger partial charge in [0.15, 0.2) is 0 Å². The number of rotatable bonds is 3. The minimum Gasteiger partial charge on any atom is -0.480 e. The van der Waals surface area contributed by atoms with Crippen molar-refractivity contribution in [3.05, 3.63) is 0 Å². The first-order valence-electron chi connectivity index (χ1n) is 7.24. The summed E-state index contributed by atoms with van der Waals surface area (Å²) in [5, 5.41) is 9.32. The highest BCUT2D eigenvalue weighted by Gasteiger charge is 2.29. The molecule has 0 aromatic heterocycles. The predicted molar refractivity (Wildman–Crippen MR) is 68.0 cm³/mol. The third-order valence-corrected chi connectivity index (χ3v) is 4.37. The zero-order valence-electron chi connectivity index (χ0n) is 10.7. The quantitative estimate of drug-likeness (QED) is 0.823. The lowest BCUT2D eigenvalue weighted by Gasteiger charge is -2.32. The molecule has 17 heavy (non-hydrogen) atoms. The molecule has 1 heterocycles. The minimum atomic E-state index is -0.609. The van der Waals surface area contributed by atoms with Gasteiger partial charge in [-0.05, 0) is 38.1 Å². The van der Waals surface area contributed by atoms with Crippen LogP contribution in [0.4, 0.5) is 0 Å². The summed E-state index contributed by atoms with van der Waals surface area (Å²) >= 11 is 0. The van der Waals surface area contributed by atoms with Crippen LogP contribution in [0.15, 0.2) is 0 Å². The molecule has 1 unspecified atom stereocenters. The summed E-state index contributed by atoms with van der Waals surface area (Å²) in [6.45, 7) is 2.02. The molecule has 2 aliphatic rings. The fourth-order valence-corrected chi connectivity index (χ4v) is 3.37. The molecular formula is C14H25NO2. The molecule has 0 amide bonds. The van der Waals surface area contributed by atoms with E-state index in [0.717, 1.165) is 31.8 Å². The van der Waals surface area contributed by atoms with Crippen LogP contribution >= 0.6 is 0 Å². The molecular weight excluding hydrogens is 214 g/mol. The van der Waals surface area contributed by atoms with Gasteiger partial charge in [-0.2, -0.15) is 0 Å². The number of carboxylic acid groups (broad SMARTS) is 1. The molecule has 2 rings (SSSR count). The van der Waals surface area contributed by atoms with Crippen molar-refractivity contribution in [3.8, 4) is 0 Å². The molecule has 3 heteroatoms. The van der Waals surface area contributed by atoms with Crippen LogP contribution in [0, 0.1) is 5.92 Å². The molecule has 1 N–H and O–H groups in total. The Kier molecular flexibility index (Phi) is 4.84. The SMILES string of the molecule is O=C(O)C1CCCCCN1CC1CCCCC1. The predicted octanol–water partition coefficient (Wildman–Crippen LogP) is 2.90. The van der Waals surface area contributed by atoms with Crippen LogP contribution in [0.5, 0.6) is 0 Å². The van der Waals surface area contributed by atoms with E-state index in [-0.39, 0.29) is 6.04 Å². The van der Waals surface area contributed by atoms with Gasteiger partial charge >= 0.3 is 5.97 Å². The molecule has 0 radical (unpaired) electrons. The molecule has 0 aromatic rings. The minimum absolute atomic E-state index is 0.209. The number of carboxylic acids is 1. The third kappa shape index (κ3) is 3.70. The molecule has 0 spiro atoms. The number of hydrogen-bond acceptors (Lipinski definition) is 2. The number of carbonyl (C=O) groups is 1. The van der Waals surface area contributed by atoms with Gasteiger partial charge in [0.2, 0.25) is 0 Å². The molecule has 1 saturated heterocycles. The molecule has 0 aromatic carbocycles. The average molecular weight is 239 g/mol. The summed E-state index contributed by atoms with van der Waals surface area (Å²) in [7, 11) is 0. The van der Waals surface area contributed by atoms with Crippen molar-refractivity contribution in [2.24, 2.45) is 5.92 Å². The van der Waals surface area contributed by atoms with Gasteiger partial charge in [-0.3, -0.25) is 9.69 Å². The Bertz CT molecular complexity index is 249. The molecule has 1 aliphatic heterocycles. The highest BCUT2D eigenvalue weighted by atomic mass is 16.4. The van der Waals surface area contributed by atoms with Crippen LogP contribution in [-0.4, -0.2) is 35.1 Å². The Labute approximate surface area is 104 Å². The second kappa shape index (κ2) is 6.39. The Hall–Kier alpha value is -0.570. The Balaban J connectivity index is 1.91. The van der Waals surface area contributed by atoms with Gasteiger partial charge in [0.05, 0.1) is 0 Å². The first-order valence-corrected chi connectivity index (χ1v) is 7.24. The number of likely N-dealkylation sites (tertiary alicyclic amines) is 1. The van der Waals surface area contributed by atoms with Crippen molar-refractivity contribution in [1.82, 2.24) is 4.90 Å². The maximum Gasteiger partial charge on any atom is 0.320 e. The van der Waals surface area contributed by atoms with E-state index in [1.807, 2.05) is 0 Å². The molecule has 2 fully saturated rings. The zero-order valence-corrected chi connectivity index (χ0v) is 10.7. The Morgan fingerprint density at radius 1 is 1.00 bits per heavy atom. The maximum absolute atomic E-state index is 11.3. The Morgan fingerprint density at radius 3 is 2.35 bits per heavy atom. The van der Waals surface area contributed by atoms with E-state index in [4.69, 9.17) is 0 Å². The van der Waals surface area contributed by atoms with Gasteiger partial charge in [0.1, 0.15) is 6.04 Å². The van der Waals surface area contributed by atoms with Crippen molar-refractivity contribution in [3.63, 3.8) is 0 Å². The van der Waals surface area contributed by atoms with Gasteiger partial charge in [0, 0.05) is 6.54 Å². The highest BCUT2D eigenvalue weighted by molar-refractivity contribution is 5.73. The summed E-state index contributed by atoms with van der Waals surface area (Å²) in [5.41, 5.74) is 0. The largest absolute Gasteiger partial charge is 0.480 e. The van der Waals surface area contributed by atoms with Crippen LogP contribution < -0.4 is 0 Å². The topological polar surface area (TPSA) is 40.5 Å². The monoisotopic (exact) mass is 239 g/mol. The van der Waals surface area contributed by atoms with Gasteiger partial charge < -0.3 is 5.11 Å². The van der Waals surface area contributed by atoms with Crippen LogP contribution in [0.1, 0.15) is 57.8 Å². The van der Waals surface area contributed by atoms with Gasteiger partial charge in [-0.15, -0.1) is 0 Å². The smallest absolute Gasteiger partial charge is 0.320 e. The number of hydrogen-bond donors (Lipinski definition) is 1. The lowest BCUT2D eigenvalue weighted by atomic mass is 9.88. The molecule has 1 aliphatic carbocycles. The lowest BCUT2D eigenvalue weighted by Crippen LogP contribution is -2.43. The normalized spacial score (nSPS) is 28.8. The van der Waals surface area contributed by atoms with E-state index in [1.54, 1.807) is 0 Å². The van der Waals surface area contributed by atoms with Gasteiger partial charge in [-0.1, -0.05) is 32.1 Å². The van der Waals surface area contributed by atoms with Crippen molar-refractivity contribution in [2.75, 3.05) is 13.1 Å². The zero-order chi connectivity index (χ0) is 12.1. The molecule has 0 bridgehead atoms. The van der Waals surface area contributed by atoms with E-state index in [1.165, 1.54) is 44.9 Å². The first-order chi connectivity index (χ1) is 8.27. The molecule has 98 valence electrons. The summed E-state index contributed by atoms with van der Waals surface area (Å²) in [6.07, 6.45) is 11.0. The van der Waals surface area contributed by atoms with Gasteiger partial charge in [0.25, 0.3) is 0 Å². The molecule has 3 nitrogen and oxygen atoms in total. The third-order valence-electron chi connectivity index (χ3n) is 4.37. The van der Waals surface area contributed by atoms with E-state index in [0.29, 0.717) is 0 Å². The lowest BCUT2D eigenvalue weighted by molar-refractivity contribution is -0.143. The van der Waals surface area contributed by atoms with Crippen molar-refractivity contribution in [2.45, 2.75) is 63.8 Å². The standard InChI is InChI=1S/C14H25NO2/c16-14(17)13-9-5-2-6-10-15(13)11-12-7-3-1-4-8-12/h12-13H,1-11H2,(H,16,17). The number of aliphatic carboxylic acids is 1. The van der Waals surface area contributed by atoms with Crippen molar-refractivity contribution < 1.29 is 9.90 Å². The summed E-state index contributed by atoms with van der Waals surface area (Å²) in [4.78, 5) is 13.6. The fourth-order valence-electron chi connectivity index (χ4n) is 3.37. The second-order valence-electron chi connectivity index (χ2n) is 5.70. The second-order valence-corrected chi connectivity index (χ2v) is 5.70. The highest BCUT2D eigenvalue weighted by Crippen LogP contribution is 2.27. The maximum atomic E-state index is 11.3. The van der Waals surface area contributed by atoms with Crippen LogP contribution in [0.2, 0.25) is 0 Å². The summed E-state index contributed by atoms with van der Waals surface area (Å²) < 4.78 is 0. The average Bonchev–Trinajstić information content (AvgIpc) is 2.56. The summed E-state index contributed by atoms with van der Waals surface area (Å²) in [6, 6.07) is -0.209. The van der Waals surface area contributed by atoms with E-state index < -0.39 is 5.97 Å². The fraction of sp³-hybridized carbons (Fsp3) is 0.929. The van der Waals surface area contributed by atoms with Crippen LogP contribution in [0.25, 0.3) is 0 Å². The molecule has 1 saturated carbocycles. The van der Waals surface area contributed by atoms with Crippen LogP contribution in [0.3, 0.4) is 0 Å². The van der Waals surface area contributed by atoms with E-state index in [2.05, 4.69) is 4.90 Å². The first kappa shape index (κ1) is 12.9. The van der Waals surface area contributed by atoms with Gasteiger partial charge in [-0.25, -0.2) is 0 Å². The molecule has 1 atom stereocenters. The van der Waals surface area contributed by atoms with E-state index in [9.17, 15) is 9.90 Å². The Morgan fingerprint density at radius 2 is 1.65 bits per heavy atom. The number of nitrogens with zero attached hydrogens (tertiary/aromatic N) is 1. The van der Waals surface area contributed by atoms with E-state index >= 15 is 0 Å². The van der Waals surface area contributed by atoms with Crippen molar-refractivity contribution in [1.29, 1.82) is 0 Å². The van der Waals surface area contributed by atoms with Crippen molar-refractivity contribution >= 4 is 5.97 Å². The van der Waals surface area contributed by atoms with Crippen LogP contribution in [-0.2, 0) is 4.79 Å². The summed E-state index contributed by atoms with van der Waals surface area (Å²) in [5.74, 6) is 0.145.